The van der Waals surface area contributed by atoms with E-state index < -0.39 is 0 Å². The molecule has 0 fully saturated rings. The summed E-state index contributed by atoms with van der Waals surface area (Å²) in [6.07, 6.45) is 0. The Morgan fingerprint density at radius 2 is 1.86 bits per heavy atom. The number of benzene rings is 1. The van der Waals surface area contributed by atoms with E-state index in [1.165, 1.54) is 5.56 Å². The third-order valence-corrected chi connectivity index (χ3v) is 3.98. The molecule has 2 aromatic rings. The van der Waals surface area contributed by atoms with Gasteiger partial charge in [-0.25, -0.2) is 9.78 Å². The van der Waals surface area contributed by atoms with Crippen LogP contribution in [-0.4, -0.2) is 23.0 Å². The summed E-state index contributed by atoms with van der Waals surface area (Å²) in [4.78, 5) is 18.1. The summed E-state index contributed by atoms with van der Waals surface area (Å²) in [6, 6.07) is 11.6. The summed E-state index contributed by atoms with van der Waals surface area (Å²) in [6.45, 7) is 4.49. The van der Waals surface area contributed by atoms with Crippen LogP contribution in [0.25, 0.3) is 0 Å². The Kier molecular flexibility index (Phi) is 4.96. The first-order chi connectivity index (χ1) is 9.95. The van der Waals surface area contributed by atoms with Crippen LogP contribution in [0.15, 0.2) is 40.9 Å². The lowest BCUT2D eigenvalue weighted by atomic mass is 10.1. The van der Waals surface area contributed by atoms with Crippen molar-refractivity contribution < 1.29 is 4.79 Å². The minimum atomic E-state index is -0.176. The molecule has 1 aromatic heterocycles. The van der Waals surface area contributed by atoms with Gasteiger partial charge in [0.15, 0.2) is 0 Å². The lowest BCUT2D eigenvalue weighted by Gasteiger charge is -2.18. The molecule has 110 valence electrons. The quantitative estimate of drug-likeness (QED) is 0.907. The summed E-state index contributed by atoms with van der Waals surface area (Å²) in [7, 11) is 1.76. The predicted molar refractivity (Wildman–Crippen MR) is 88.3 cm³/mol. The second-order valence-electron chi connectivity index (χ2n) is 5.04. The molecule has 2 rings (SSSR count). The van der Waals surface area contributed by atoms with E-state index >= 15 is 0 Å². The first kappa shape index (κ1) is 15.5. The van der Waals surface area contributed by atoms with E-state index in [0.717, 1.165) is 15.7 Å². The second-order valence-corrected chi connectivity index (χ2v) is 5.89. The fourth-order valence-electron chi connectivity index (χ4n) is 1.86. The van der Waals surface area contributed by atoms with Gasteiger partial charge in [0.25, 0.3) is 0 Å². The van der Waals surface area contributed by atoms with Gasteiger partial charge in [-0.3, -0.25) is 5.32 Å². The maximum Gasteiger partial charge on any atom is 0.323 e. The molecular formula is C16H18BrN3O. The van der Waals surface area contributed by atoms with Gasteiger partial charge in [-0.15, -0.1) is 0 Å². The average molecular weight is 348 g/mol. The van der Waals surface area contributed by atoms with Crippen molar-refractivity contribution in [2.45, 2.75) is 20.4 Å². The molecule has 1 N–H and O–H groups in total. The highest BCUT2D eigenvalue weighted by Gasteiger charge is 2.10. The van der Waals surface area contributed by atoms with Crippen molar-refractivity contribution in [2.75, 3.05) is 12.4 Å². The van der Waals surface area contributed by atoms with Gasteiger partial charge in [0.2, 0.25) is 0 Å². The monoisotopic (exact) mass is 347 g/mol. The van der Waals surface area contributed by atoms with Crippen LogP contribution in [0.5, 0.6) is 0 Å². The lowest BCUT2D eigenvalue weighted by Crippen LogP contribution is -2.31. The molecule has 0 atom stereocenters. The van der Waals surface area contributed by atoms with Crippen LogP contribution in [0, 0.1) is 13.8 Å². The van der Waals surface area contributed by atoms with Crippen LogP contribution in [-0.2, 0) is 6.54 Å². The summed E-state index contributed by atoms with van der Waals surface area (Å²) >= 11 is 3.39. The molecule has 5 heteroatoms. The van der Waals surface area contributed by atoms with Crippen LogP contribution in [0.1, 0.15) is 16.8 Å². The van der Waals surface area contributed by atoms with Crippen molar-refractivity contribution >= 4 is 27.8 Å². The maximum absolute atomic E-state index is 12.1. The zero-order chi connectivity index (χ0) is 15.4. The lowest BCUT2D eigenvalue weighted by molar-refractivity contribution is 0.220. The van der Waals surface area contributed by atoms with E-state index in [2.05, 4.69) is 26.2 Å². The number of hydrogen-bond acceptors (Lipinski definition) is 2. The number of anilines is 1. The average Bonchev–Trinajstić information content (AvgIpc) is 2.45. The number of aromatic nitrogens is 1. The molecule has 4 nitrogen and oxygen atoms in total. The van der Waals surface area contributed by atoms with E-state index in [4.69, 9.17) is 0 Å². The Labute approximate surface area is 133 Å². The van der Waals surface area contributed by atoms with Crippen LogP contribution in [0.3, 0.4) is 0 Å². The maximum atomic E-state index is 12.1. The molecule has 0 radical (unpaired) electrons. The topological polar surface area (TPSA) is 45.2 Å². The number of aryl methyl sites for hydroxylation is 2. The molecule has 1 aromatic carbocycles. The summed E-state index contributed by atoms with van der Waals surface area (Å²) in [5, 5.41) is 2.80. The Balaban J connectivity index is 1.98. The van der Waals surface area contributed by atoms with Gasteiger partial charge in [0.05, 0.1) is 5.69 Å². The first-order valence-corrected chi connectivity index (χ1v) is 7.46. The number of hydrogen-bond donors (Lipinski definition) is 1. The van der Waals surface area contributed by atoms with Gasteiger partial charge in [0.1, 0.15) is 5.82 Å². The number of pyridine rings is 1. The molecule has 0 aliphatic heterocycles. The van der Waals surface area contributed by atoms with Crippen molar-refractivity contribution in [1.82, 2.24) is 9.88 Å². The highest BCUT2D eigenvalue weighted by Crippen LogP contribution is 2.16. The van der Waals surface area contributed by atoms with Crippen LogP contribution in [0.2, 0.25) is 0 Å². The molecule has 0 spiro atoms. The number of halogens is 1. The molecule has 21 heavy (non-hydrogen) atoms. The Morgan fingerprint density at radius 1 is 1.19 bits per heavy atom. The third-order valence-electron chi connectivity index (χ3n) is 3.14. The normalized spacial score (nSPS) is 10.3. The summed E-state index contributed by atoms with van der Waals surface area (Å²) < 4.78 is 0.925. The SMILES string of the molecule is Cc1ccc(CN(C)C(=O)Nc2ccc(Br)c(C)n2)cc1. The summed E-state index contributed by atoms with van der Waals surface area (Å²) in [5.74, 6) is 0.552. The minimum absolute atomic E-state index is 0.176. The summed E-state index contributed by atoms with van der Waals surface area (Å²) in [5.41, 5.74) is 3.15. The van der Waals surface area contributed by atoms with E-state index in [0.29, 0.717) is 12.4 Å². The fraction of sp³-hybridized carbons (Fsp3) is 0.250. The molecule has 0 saturated carbocycles. The standard InChI is InChI=1S/C16H18BrN3O/c1-11-4-6-13(7-5-11)10-20(3)16(21)19-15-9-8-14(17)12(2)18-15/h4-9H,10H2,1-3H3,(H,18,19,21). The molecule has 0 bridgehead atoms. The van der Waals surface area contributed by atoms with Crippen molar-refractivity contribution in [3.8, 4) is 0 Å². The molecule has 0 saturated heterocycles. The van der Waals surface area contributed by atoms with Crippen LogP contribution < -0.4 is 5.32 Å². The van der Waals surface area contributed by atoms with Gasteiger partial charge in [-0.1, -0.05) is 29.8 Å². The number of amides is 2. The molecule has 2 amide bonds. The molecule has 0 aliphatic rings. The largest absolute Gasteiger partial charge is 0.323 e. The molecule has 0 unspecified atom stereocenters. The molecule has 1 heterocycles. The highest BCUT2D eigenvalue weighted by molar-refractivity contribution is 9.10. The van der Waals surface area contributed by atoms with Gasteiger partial charge in [-0.05, 0) is 47.5 Å². The van der Waals surface area contributed by atoms with Crippen molar-refractivity contribution in [2.24, 2.45) is 0 Å². The second kappa shape index (κ2) is 6.72. The number of rotatable bonds is 3. The van der Waals surface area contributed by atoms with Gasteiger partial charge < -0.3 is 4.90 Å². The van der Waals surface area contributed by atoms with Crippen molar-refractivity contribution in [3.63, 3.8) is 0 Å². The first-order valence-electron chi connectivity index (χ1n) is 6.66. The zero-order valence-electron chi connectivity index (χ0n) is 12.4. The van der Waals surface area contributed by atoms with Crippen molar-refractivity contribution in [1.29, 1.82) is 0 Å². The van der Waals surface area contributed by atoms with Crippen molar-refractivity contribution in [3.05, 3.63) is 57.7 Å². The van der Waals surface area contributed by atoms with E-state index in [1.54, 1.807) is 18.0 Å². The molecule has 0 aliphatic carbocycles. The van der Waals surface area contributed by atoms with Gasteiger partial charge in [-0.2, -0.15) is 0 Å². The number of nitrogens with one attached hydrogen (secondary N) is 1. The van der Waals surface area contributed by atoms with Crippen LogP contribution >= 0.6 is 15.9 Å². The molecular weight excluding hydrogens is 330 g/mol. The number of carbonyl (C=O) groups is 1. The predicted octanol–water partition coefficient (Wildman–Crippen LogP) is 4.12. The van der Waals surface area contributed by atoms with Gasteiger partial charge >= 0.3 is 6.03 Å². The number of urea groups is 1. The van der Waals surface area contributed by atoms with E-state index in [-0.39, 0.29) is 6.03 Å². The van der Waals surface area contributed by atoms with E-state index in [1.807, 2.05) is 44.2 Å². The zero-order valence-corrected chi connectivity index (χ0v) is 13.9. The minimum Gasteiger partial charge on any atom is -0.323 e. The number of carbonyl (C=O) groups excluding carboxylic acids is 1. The smallest absolute Gasteiger partial charge is 0.323 e. The highest BCUT2D eigenvalue weighted by atomic mass is 79.9. The number of nitrogens with zero attached hydrogens (tertiary/aromatic N) is 2. The fourth-order valence-corrected chi connectivity index (χ4v) is 2.08. The van der Waals surface area contributed by atoms with Crippen LogP contribution in [0.4, 0.5) is 10.6 Å². The Hall–Kier alpha value is -1.88. The van der Waals surface area contributed by atoms with Gasteiger partial charge in [0, 0.05) is 18.1 Å². The Morgan fingerprint density at radius 3 is 2.48 bits per heavy atom. The third kappa shape index (κ3) is 4.29. The van der Waals surface area contributed by atoms with E-state index in [9.17, 15) is 4.79 Å². The Bertz CT molecular complexity index is 640.